The molecule has 3 aromatic rings. The van der Waals surface area contributed by atoms with Gasteiger partial charge in [0.2, 0.25) is 0 Å². The van der Waals surface area contributed by atoms with Crippen LogP contribution in [0.2, 0.25) is 5.02 Å². The molecule has 0 bridgehead atoms. The third kappa shape index (κ3) is 4.55. The fourth-order valence-corrected chi connectivity index (χ4v) is 6.79. The number of fused-ring (bicyclic) bond motifs is 3. The quantitative estimate of drug-likeness (QED) is 0.450. The van der Waals surface area contributed by atoms with E-state index in [1.165, 1.54) is 12.3 Å². The third-order valence-corrected chi connectivity index (χ3v) is 8.97. The second-order valence-corrected chi connectivity index (χ2v) is 11.5. The first-order valence-corrected chi connectivity index (χ1v) is 13.4. The summed E-state index contributed by atoms with van der Waals surface area (Å²) >= 11 is 6.06. The van der Waals surface area contributed by atoms with E-state index in [9.17, 15) is 12.8 Å². The Bertz CT molecular complexity index is 1320. The van der Waals surface area contributed by atoms with Crippen molar-refractivity contribution < 1.29 is 26.7 Å². The van der Waals surface area contributed by atoms with Crippen molar-refractivity contribution in [2.75, 3.05) is 19.0 Å². The topological polar surface area (TPSA) is 65.5 Å². The van der Waals surface area contributed by atoms with E-state index in [1.807, 2.05) is 12.1 Å². The molecule has 0 amide bonds. The molecule has 0 unspecified atom stereocenters. The zero-order valence-corrected chi connectivity index (χ0v) is 20.4. The van der Waals surface area contributed by atoms with Crippen molar-refractivity contribution in [3.05, 3.63) is 88.6 Å². The van der Waals surface area contributed by atoms with Gasteiger partial charge in [0.05, 0.1) is 18.5 Å². The first kappa shape index (κ1) is 24.2. The molecule has 2 aliphatic rings. The van der Waals surface area contributed by atoms with Crippen molar-refractivity contribution in [1.29, 1.82) is 0 Å². The maximum atomic E-state index is 15.3. The lowest BCUT2D eigenvalue weighted by Crippen LogP contribution is -2.55. The molecule has 2 aliphatic heterocycles. The van der Waals surface area contributed by atoms with Crippen LogP contribution in [0.25, 0.3) is 0 Å². The molecule has 184 valence electrons. The predicted octanol–water partition coefficient (Wildman–Crippen LogP) is 5.16. The number of benzene rings is 2. The van der Waals surface area contributed by atoms with Crippen molar-refractivity contribution in [2.24, 2.45) is 5.92 Å². The van der Waals surface area contributed by atoms with Crippen LogP contribution in [-0.4, -0.2) is 38.5 Å². The highest BCUT2D eigenvalue weighted by atomic mass is 35.5. The molecular weight excluding hydrogens is 496 g/mol. The minimum Gasteiger partial charge on any atom is -0.490 e. The molecule has 1 fully saturated rings. The summed E-state index contributed by atoms with van der Waals surface area (Å²) in [7, 11) is -3.64. The van der Waals surface area contributed by atoms with Crippen LogP contribution in [0.15, 0.2) is 65.8 Å². The summed E-state index contributed by atoms with van der Waals surface area (Å²) in [6.07, 6.45) is 1.95. The van der Waals surface area contributed by atoms with Crippen LogP contribution in [-0.2, 0) is 26.4 Å². The first-order valence-electron chi connectivity index (χ1n) is 11.4. The Labute approximate surface area is 208 Å². The first-order chi connectivity index (χ1) is 16.8. The van der Waals surface area contributed by atoms with Crippen LogP contribution in [0.1, 0.15) is 24.0 Å². The molecular formula is C26H24ClF2NO4S. The van der Waals surface area contributed by atoms with Gasteiger partial charge in [0.25, 0.3) is 0 Å². The highest BCUT2D eigenvalue weighted by molar-refractivity contribution is 7.91. The average molecular weight is 520 g/mol. The fraction of sp³-hybridized carbons (Fsp3) is 0.346. The zero-order valence-electron chi connectivity index (χ0n) is 18.8. The van der Waals surface area contributed by atoms with Gasteiger partial charge in [-0.25, -0.2) is 22.2 Å². The highest BCUT2D eigenvalue weighted by Crippen LogP contribution is 2.52. The monoisotopic (exact) mass is 519 g/mol. The Morgan fingerprint density at radius 1 is 1.06 bits per heavy atom. The predicted molar refractivity (Wildman–Crippen MR) is 127 cm³/mol. The van der Waals surface area contributed by atoms with E-state index in [-0.39, 0.29) is 47.6 Å². The van der Waals surface area contributed by atoms with E-state index >= 15 is 4.39 Å². The minimum atomic E-state index is -3.64. The summed E-state index contributed by atoms with van der Waals surface area (Å²) < 4.78 is 67.6. The molecule has 5 rings (SSSR count). The summed E-state index contributed by atoms with van der Waals surface area (Å²) in [5.41, 5.74) is 0.285. The van der Waals surface area contributed by atoms with E-state index in [2.05, 4.69) is 4.98 Å². The lowest BCUT2D eigenvalue weighted by atomic mass is 9.60. The van der Waals surface area contributed by atoms with Gasteiger partial charge in [-0.2, -0.15) is 0 Å². The molecule has 9 heteroatoms. The average Bonchev–Trinajstić information content (AvgIpc) is 2.86. The Morgan fingerprint density at radius 2 is 1.83 bits per heavy atom. The molecule has 3 heterocycles. The summed E-state index contributed by atoms with van der Waals surface area (Å²) in [6.45, 7) is 0.378. The highest BCUT2D eigenvalue weighted by Gasteiger charge is 2.53. The van der Waals surface area contributed by atoms with E-state index in [0.29, 0.717) is 17.9 Å². The van der Waals surface area contributed by atoms with Gasteiger partial charge in [-0.3, -0.25) is 0 Å². The van der Waals surface area contributed by atoms with E-state index in [4.69, 9.17) is 21.1 Å². The number of halogens is 3. The number of ether oxygens (including phenoxy) is 2. The largest absolute Gasteiger partial charge is 0.490 e. The smallest absolute Gasteiger partial charge is 0.195 e. The van der Waals surface area contributed by atoms with Crippen LogP contribution < -0.4 is 4.74 Å². The molecule has 0 saturated carbocycles. The SMILES string of the molecule is O=S(=O)(CC[C@@H]1OCC[C@@]2(Cc3ccc(Cl)cc3)c3c(F)ccc(F)c3OC[C@@H]12)c1ccccn1. The number of rotatable bonds is 6. The van der Waals surface area contributed by atoms with Gasteiger partial charge in [0.15, 0.2) is 26.4 Å². The van der Waals surface area contributed by atoms with Gasteiger partial charge in [-0.15, -0.1) is 0 Å². The Kier molecular flexibility index (Phi) is 6.55. The second-order valence-electron chi connectivity index (χ2n) is 9.04. The molecule has 1 aromatic heterocycles. The van der Waals surface area contributed by atoms with E-state index in [0.717, 1.165) is 17.7 Å². The molecule has 2 aromatic carbocycles. The van der Waals surface area contributed by atoms with Gasteiger partial charge in [-0.1, -0.05) is 29.8 Å². The van der Waals surface area contributed by atoms with E-state index < -0.39 is 33.0 Å². The molecule has 35 heavy (non-hydrogen) atoms. The summed E-state index contributed by atoms with van der Waals surface area (Å²) in [6, 6.07) is 14.2. The summed E-state index contributed by atoms with van der Waals surface area (Å²) in [4.78, 5) is 3.97. The zero-order chi connectivity index (χ0) is 24.6. The number of hydrogen-bond donors (Lipinski definition) is 0. The van der Waals surface area contributed by atoms with Gasteiger partial charge in [0.1, 0.15) is 5.82 Å². The van der Waals surface area contributed by atoms with Crippen molar-refractivity contribution in [3.63, 3.8) is 0 Å². The van der Waals surface area contributed by atoms with Crippen molar-refractivity contribution in [2.45, 2.75) is 35.8 Å². The number of aromatic nitrogens is 1. The van der Waals surface area contributed by atoms with Crippen LogP contribution in [0, 0.1) is 17.6 Å². The summed E-state index contributed by atoms with van der Waals surface area (Å²) in [5, 5.41) is 0.582. The van der Waals surface area contributed by atoms with Crippen LogP contribution in [0.3, 0.4) is 0 Å². The van der Waals surface area contributed by atoms with Gasteiger partial charge >= 0.3 is 0 Å². The lowest BCUT2D eigenvalue weighted by Gasteiger charge is -2.51. The second kappa shape index (κ2) is 9.48. The van der Waals surface area contributed by atoms with Crippen molar-refractivity contribution in [1.82, 2.24) is 4.98 Å². The molecule has 3 atom stereocenters. The van der Waals surface area contributed by atoms with Crippen LogP contribution in [0.5, 0.6) is 5.75 Å². The van der Waals surface area contributed by atoms with E-state index in [1.54, 1.807) is 24.3 Å². The molecule has 1 saturated heterocycles. The number of pyridine rings is 1. The Hall–Kier alpha value is -2.55. The van der Waals surface area contributed by atoms with Crippen LogP contribution >= 0.6 is 11.6 Å². The fourth-order valence-electron chi connectivity index (χ4n) is 5.40. The Morgan fingerprint density at radius 3 is 2.57 bits per heavy atom. The number of nitrogens with zero attached hydrogens (tertiary/aromatic N) is 1. The van der Waals surface area contributed by atoms with Gasteiger partial charge in [0, 0.05) is 34.7 Å². The number of hydrogen-bond acceptors (Lipinski definition) is 5. The molecule has 0 aliphatic carbocycles. The van der Waals surface area contributed by atoms with Crippen molar-refractivity contribution in [3.8, 4) is 5.75 Å². The van der Waals surface area contributed by atoms with Gasteiger partial charge in [-0.05, 0) is 61.2 Å². The Balaban J connectivity index is 1.52. The lowest BCUT2D eigenvalue weighted by molar-refractivity contribution is -0.0963. The third-order valence-electron chi connectivity index (χ3n) is 7.06. The summed E-state index contributed by atoms with van der Waals surface area (Å²) in [5.74, 6) is -1.79. The maximum absolute atomic E-state index is 15.3. The molecule has 5 nitrogen and oxygen atoms in total. The van der Waals surface area contributed by atoms with Crippen molar-refractivity contribution >= 4 is 21.4 Å². The van der Waals surface area contributed by atoms with Gasteiger partial charge < -0.3 is 9.47 Å². The van der Waals surface area contributed by atoms with Crippen LogP contribution in [0.4, 0.5) is 8.78 Å². The molecule has 0 N–H and O–H groups in total. The maximum Gasteiger partial charge on any atom is 0.195 e. The molecule has 0 radical (unpaired) electrons. The molecule has 0 spiro atoms. The normalized spacial score (nSPS) is 23.7. The number of sulfone groups is 1. The standard InChI is InChI=1S/C26H24ClF2NO4S/c27-18-6-4-17(5-7-18)15-26-11-13-33-22(10-14-35(31,32)23-3-1-2-12-30-23)19(26)16-34-25-21(29)9-8-20(28)24(25)26/h1-9,12,19,22H,10-11,13-16H2/t19-,22-,26-/m0/s1. The minimum absolute atomic E-state index is 0.00147.